The van der Waals surface area contributed by atoms with Gasteiger partial charge in [0, 0.05) is 5.56 Å². The second kappa shape index (κ2) is 6.28. The Kier molecular flexibility index (Phi) is 4.24. The number of hydrogen-bond acceptors (Lipinski definition) is 6. The molecule has 0 spiro atoms. The van der Waals surface area contributed by atoms with Crippen molar-refractivity contribution in [3.63, 3.8) is 0 Å². The lowest BCUT2D eigenvalue weighted by Crippen LogP contribution is -2.31. The maximum Gasteiger partial charge on any atom is 0.342 e. The van der Waals surface area contributed by atoms with E-state index >= 15 is 0 Å². The minimum atomic E-state index is -0.748. The number of nitrogens with one attached hydrogen (secondary N) is 3. The van der Waals surface area contributed by atoms with Gasteiger partial charge in [0.05, 0.1) is 12.6 Å². The number of benzene rings is 1. The van der Waals surface area contributed by atoms with E-state index in [4.69, 9.17) is 0 Å². The molecule has 2 rings (SSSR count). The third-order valence-electron chi connectivity index (χ3n) is 2.44. The highest BCUT2D eigenvalue weighted by atomic mass is 16.3. The van der Waals surface area contributed by atoms with E-state index in [0.717, 1.165) is 0 Å². The van der Waals surface area contributed by atoms with Gasteiger partial charge in [-0.05, 0) is 12.1 Å². The lowest BCUT2D eigenvalue weighted by Gasteiger charge is -1.99. The lowest BCUT2D eigenvalue weighted by atomic mass is 10.2. The fraction of sp³-hybridized carbons (Fsp3) is 0.0833. The van der Waals surface area contributed by atoms with Crippen molar-refractivity contribution in [2.24, 2.45) is 5.10 Å². The van der Waals surface area contributed by atoms with Crippen LogP contribution in [0.2, 0.25) is 0 Å². The molecule has 0 saturated heterocycles. The Hall–Kier alpha value is -3.23. The number of aromatic nitrogens is 3. The number of amides is 1. The summed E-state index contributed by atoms with van der Waals surface area (Å²) in [7, 11) is 0. The summed E-state index contributed by atoms with van der Waals surface area (Å²) in [4.78, 5) is 35.6. The summed E-state index contributed by atoms with van der Waals surface area (Å²) in [6.45, 7) is 0. The molecular formula is C12H11N5O4. The number of rotatable bonds is 4. The zero-order chi connectivity index (χ0) is 15.2. The molecule has 0 fully saturated rings. The van der Waals surface area contributed by atoms with Crippen LogP contribution in [0.3, 0.4) is 0 Å². The standard InChI is InChI=1S/C12H11N5O4/c18-9-4-2-1-3-7(9)6-13-16-10(19)5-8-11(20)14-12(21)17-15-8/h1-4,6,18H,5H2,(H,16,19)(H2,14,17,20,21)/b13-6-. The number of aromatic hydroxyl groups is 1. The highest BCUT2D eigenvalue weighted by molar-refractivity contribution is 5.85. The summed E-state index contributed by atoms with van der Waals surface area (Å²) in [5, 5.41) is 18.6. The molecule has 0 aliphatic carbocycles. The van der Waals surface area contributed by atoms with Crippen molar-refractivity contribution in [1.29, 1.82) is 0 Å². The average Bonchev–Trinajstić information content (AvgIpc) is 2.44. The number of nitrogens with zero attached hydrogens (tertiary/aromatic N) is 2. The van der Waals surface area contributed by atoms with Crippen LogP contribution in [0.4, 0.5) is 0 Å². The first-order valence-corrected chi connectivity index (χ1v) is 5.84. The quantitative estimate of drug-likeness (QED) is 0.416. The van der Waals surface area contributed by atoms with E-state index < -0.39 is 17.2 Å². The third-order valence-corrected chi connectivity index (χ3v) is 2.44. The molecule has 0 atom stereocenters. The normalized spacial score (nSPS) is 10.7. The zero-order valence-corrected chi connectivity index (χ0v) is 10.7. The Morgan fingerprint density at radius 2 is 2.14 bits per heavy atom. The maximum atomic E-state index is 11.6. The monoisotopic (exact) mass is 289 g/mol. The van der Waals surface area contributed by atoms with E-state index in [9.17, 15) is 19.5 Å². The number of phenols is 1. The van der Waals surface area contributed by atoms with Crippen LogP contribution in [0.15, 0.2) is 39.0 Å². The van der Waals surface area contributed by atoms with Gasteiger partial charge in [0.25, 0.3) is 5.56 Å². The summed E-state index contributed by atoms with van der Waals surface area (Å²) >= 11 is 0. The molecule has 9 nitrogen and oxygen atoms in total. The number of H-pyrrole nitrogens is 2. The maximum absolute atomic E-state index is 11.6. The van der Waals surface area contributed by atoms with Crippen LogP contribution < -0.4 is 16.7 Å². The molecule has 2 aromatic rings. The molecular weight excluding hydrogens is 278 g/mol. The van der Waals surface area contributed by atoms with Crippen LogP contribution in [-0.4, -0.2) is 32.4 Å². The first-order valence-electron chi connectivity index (χ1n) is 5.84. The number of phenolic OH excluding ortho intramolecular Hbond substituents is 1. The molecule has 1 heterocycles. The number of para-hydroxylation sites is 1. The van der Waals surface area contributed by atoms with Crippen LogP contribution in [-0.2, 0) is 11.2 Å². The van der Waals surface area contributed by atoms with Gasteiger partial charge in [0.1, 0.15) is 11.4 Å². The van der Waals surface area contributed by atoms with Crippen molar-refractivity contribution in [2.75, 3.05) is 0 Å². The highest BCUT2D eigenvalue weighted by Gasteiger charge is 2.08. The molecule has 0 aliphatic rings. The van der Waals surface area contributed by atoms with Crippen molar-refractivity contribution in [2.45, 2.75) is 6.42 Å². The zero-order valence-electron chi connectivity index (χ0n) is 10.7. The first kappa shape index (κ1) is 14.2. The molecule has 108 valence electrons. The molecule has 0 unspecified atom stereocenters. The molecule has 4 N–H and O–H groups in total. The Morgan fingerprint density at radius 3 is 2.86 bits per heavy atom. The second-order valence-corrected chi connectivity index (χ2v) is 3.98. The second-order valence-electron chi connectivity index (χ2n) is 3.98. The summed E-state index contributed by atoms with van der Waals surface area (Å²) in [6.07, 6.45) is 0.919. The van der Waals surface area contributed by atoms with E-state index in [1.54, 1.807) is 18.2 Å². The molecule has 0 saturated carbocycles. The summed E-state index contributed by atoms with van der Waals surface area (Å²) in [6, 6.07) is 6.44. The predicted molar refractivity (Wildman–Crippen MR) is 73.0 cm³/mol. The van der Waals surface area contributed by atoms with Gasteiger partial charge in [-0.1, -0.05) is 12.1 Å². The van der Waals surface area contributed by atoms with Crippen LogP contribution in [0, 0.1) is 0 Å². The summed E-state index contributed by atoms with van der Waals surface area (Å²) in [5.41, 5.74) is 0.992. The van der Waals surface area contributed by atoms with Crippen molar-refractivity contribution in [3.05, 3.63) is 56.4 Å². The van der Waals surface area contributed by atoms with Gasteiger partial charge < -0.3 is 5.11 Å². The predicted octanol–water partition coefficient (Wildman–Crippen LogP) is -1.14. The minimum absolute atomic E-state index is 0.0224. The third kappa shape index (κ3) is 3.86. The Labute approximate surface area is 117 Å². The SMILES string of the molecule is O=C(Cc1n[nH]c(=O)[nH]c1=O)N/N=C\c1ccccc1O. The smallest absolute Gasteiger partial charge is 0.342 e. The van der Waals surface area contributed by atoms with Crippen molar-refractivity contribution < 1.29 is 9.90 Å². The molecule has 1 amide bonds. The molecule has 0 radical (unpaired) electrons. The summed E-state index contributed by atoms with van der Waals surface area (Å²) in [5.74, 6) is -0.569. The molecule has 0 bridgehead atoms. The van der Waals surface area contributed by atoms with Crippen LogP contribution >= 0.6 is 0 Å². The number of carbonyl (C=O) groups excluding carboxylic acids is 1. The topological polar surface area (TPSA) is 140 Å². The average molecular weight is 289 g/mol. The van der Waals surface area contributed by atoms with Gasteiger partial charge in [-0.25, -0.2) is 15.3 Å². The van der Waals surface area contributed by atoms with Gasteiger partial charge in [-0.15, -0.1) is 0 Å². The molecule has 9 heteroatoms. The Balaban J connectivity index is 1.98. The van der Waals surface area contributed by atoms with Crippen molar-refractivity contribution >= 4 is 12.1 Å². The fourth-order valence-corrected chi connectivity index (χ4v) is 1.45. The molecule has 21 heavy (non-hydrogen) atoms. The molecule has 0 aliphatic heterocycles. The van der Waals surface area contributed by atoms with Gasteiger partial charge >= 0.3 is 5.69 Å². The number of hydrazone groups is 1. The van der Waals surface area contributed by atoms with Gasteiger partial charge in [-0.2, -0.15) is 10.2 Å². The van der Waals surface area contributed by atoms with E-state index in [0.29, 0.717) is 5.56 Å². The van der Waals surface area contributed by atoms with Crippen molar-refractivity contribution in [3.8, 4) is 5.75 Å². The van der Waals surface area contributed by atoms with Crippen molar-refractivity contribution in [1.82, 2.24) is 20.6 Å². The summed E-state index contributed by atoms with van der Waals surface area (Å²) < 4.78 is 0. The fourth-order valence-electron chi connectivity index (χ4n) is 1.45. The number of carbonyl (C=O) groups is 1. The lowest BCUT2D eigenvalue weighted by molar-refractivity contribution is -0.120. The van der Waals surface area contributed by atoms with Gasteiger partial charge in [0.15, 0.2) is 0 Å². The number of hydrogen-bond donors (Lipinski definition) is 4. The van der Waals surface area contributed by atoms with Gasteiger partial charge in [-0.3, -0.25) is 14.6 Å². The van der Waals surface area contributed by atoms with E-state index in [1.807, 2.05) is 10.1 Å². The largest absolute Gasteiger partial charge is 0.507 e. The van der Waals surface area contributed by atoms with E-state index in [2.05, 4.69) is 15.6 Å². The van der Waals surface area contributed by atoms with Crippen LogP contribution in [0.25, 0.3) is 0 Å². The van der Waals surface area contributed by atoms with E-state index in [-0.39, 0.29) is 17.9 Å². The molecule has 1 aromatic carbocycles. The Morgan fingerprint density at radius 1 is 1.38 bits per heavy atom. The minimum Gasteiger partial charge on any atom is -0.507 e. The highest BCUT2D eigenvalue weighted by Crippen LogP contribution is 2.12. The van der Waals surface area contributed by atoms with E-state index in [1.165, 1.54) is 12.3 Å². The van der Waals surface area contributed by atoms with Crippen LogP contribution in [0.5, 0.6) is 5.75 Å². The van der Waals surface area contributed by atoms with Crippen LogP contribution in [0.1, 0.15) is 11.3 Å². The number of aromatic amines is 2. The molecule has 1 aromatic heterocycles. The van der Waals surface area contributed by atoms with Gasteiger partial charge in [0.2, 0.25) is 5.91 Å². The first-order chi connectivity index (χ1) is 10.1. The Bertz CT molecular complexity index is 792.